The molecule has 0 saturated carbocycles. The molecule has 0 aliphatic rings. The highest BCUT2D eigenvalue weighted by molar-refractivity contribution is 5.94. The van der Waals surface area contributed by atoms with Gasteiger partial charge in [0.15, 0.2) is 6.54 Å². The third kappa shape index (κ3) is 6.72. The van der Waals surface area contributed by atoms with Crippen molar-refractivity contribution in [2.45, 2.75) is 46.2 Å². The van der Waals surface area contributed by atoms with Crippen molar-refractivity contribution in [2.24, 2.45) is 5.92 Å². The van der Waals surface area contributed by atoms with Crippen LogP contribution >= 0.6 is 0 Å². The van der Waals surface area contributed by atoms with Crippen LogP contribution in [0.5, 0.6) is 0 Å². The summed E-state index contributed by atoms with van der Waals surface area (Å²) in [5, 5.41) is 7.04. The largest absolute Gasteiger partial charge is 0.333 e. The van der Waals surface area contributed by atoms with Gasteiger partial charge in [-0.2, -0.15) is 0 Å². The fourth-order valence-electron chi connectivity index (χ4n) is 2.25. The van der Waals surface area contributed by atoms with Crippen LogP contribution in [0.1, 0.15) is 46.2 Å². The van der Waals surface area contributed by atoms with Gasteiger partial charge in [0.25, 0.3) is 5.91 Å². The number of benzene rings is 1. The van der Waals surface area contributed by atoms with E-state index in [1.807, 2.05) is 44.3 Å². The molecule has 0 heterocycles. The van der Waals surface area contributed by atoms with E-state index in [4.69, 9.17) is 0 Å². The average molecular weight is 306 g/mol. The summed E-state index contributed by atoms with van der Waals surface area (Å²) >= 11 is 0. The van der Waals surface area contributed by atoms with E-state index in [1.165, 1.54) is 5.56 Å². The topological polar surface area (TPSA) is 74.8 Å². The lowest BCUT2D eigenvalue weighted by Gasteiger charge is -2.21. The second-order valence-electron chi connectivity index (χ2n) is 6.87. The zero-order valence-corrected chi connectivity index (χ0v) is 14.1. The highest BCUT2D eigenvalue weighted by Gasteiger charge is 2.21. The molecular formula is C17H28N3O2+. The van der Waals surface area contributed by atoms with E-state index in [-0.39, 0.29) is 24.0 Å². The predicted molar refractivity (Wildman–Crippen MR) is 87.2 cm³/mol. The van der Waals surface area contributed by atoms with Crippen molar-refractivity contribution in [3.63, 3.8) is 0 Å². The third-order valence-electron chi connectivity index (χ3n) is 3.20. The highest BCUT2D eigenvalue weighted by Crippen LogP contribution is 2.16. The van der Waals surface area contributed by atoms with Gasteiger partial charge in [0.05, 0.1) is 0 Å². The van der Waals surface area contributed by atoms with Gasteiger partial charge >= 0.3 is 6.03 Å². The Morgan fingerprint density at radius 2 is 1.73 bits per heavy atom. The van der Waals surface area contributed by atoms with Crippen LogP contribution in [0.3, 0.4) is 0 Å². The Kier molecular flexibility index (Phi) is 6.56. The van der Waals surface area contributed by atoms with Crippen LogP contribution < -0.4 is 16.0 Å². The van der Waals surface area contributed by atoms with Gasteiger partial charge in [-0.05, 0) is 20.8 Å². The third-order valence-corrected chi connectivity index (χ3v) is 3.20. The second-order valence-corrected chi connectivity index (χ2v) is 6.87. The summed E-state index contributed by atoms with van der Waals surface area (Å²) in [7, 11) is 0. The molecule has 0 bridgehead atoms. The van der Waals surface area contributed by atoms with Crippen LogP contribution in [0.15, 0.2) is 30.3 Å². The van der Waals surface area contributed by atoms with Gasteiger partial charge in [-0.25, -0.2) is 4.79 Å². The van der Waals surface area contributed by atoms with E-state index < -0.39 is 6.03 Å². The molecule has 1 aromatic rings. The van der Waals surface area contributed by atoms with E-state index in [9.17, 15) is 9.59 Å². The number of urea groups is 1. The average Bonchev–Trinajstić information content (AvgIpc) is 2.37. The number of imide groups is 1. The minimum atomic E-state index is -0.452. The summed E-state index contributed by atoms with van der Waals surface area (Å²) in [4.78, 5) is 23.6. The number of nitrogens with two attached hydrogens (primary N) is 1. The molecule has 4 N–H and O–H groups in total. The van der Waals surface area contributed by atoms with E-state index in [1.54, 1.807) is 0 Å². The molecule has 5 heteroatoms. The standard InChI is InChI=1S/C17H27N3O2/c1-12(2)15(13-9-7-6-8-10-13)18-11-14(21)19-16(22)20-17(3,4)5/h6-10,12,15,18H,11H2,1-5H3,(H2,19,20,21,22)/p+1/t15-/m1/s1. The van der Waals surface area contributed by atoms with Gasteiger partial charge in [0.1, 0.15) is 6.04 Å². The number of nitrogens with one attached hydrogen (secondary N) is 2. The van der Waals surface area contributed by atoms with E-state index >= 15 is 0 Å². The Morgan fingerprint density at radius 3 is 2.23 bits per heavy atom. The summed E-state index contributed by atoms with van der Waals surface area (Å²) in [6, 6.07) is 9.83. The molecule has 5 nitrogen and oxygen atoms in total. The number of hydrogen-bond acceptors (Lipinski definition) is 2. The molecule has 0 aliphatic carbocycles. The molecule has 0 aliphatic heterocycles. The lowest BCUT2D eigenvalue weighted by atomic mass is 9.96. The van der Waals surface area contributed by atoms with Crippen LogP contribution in [0.25, 0.3) is 0 Å². The first-order valence-electron chi connectivity index (χ1n) is 7.69. The Hall–Kier alpha value is -1.88. The summed E-state index contributed by atoms with van der Waals surface area (Å²) in [5.74, 6) is 0.0990. The molecule has 0 spiro atoms. The van der Waals surface area contributed by atoms with E-state index in [0.29, 0.717) is 5.92 Å². The molecule has 0 saturated heterocycles. The second kappa shape index (κ2) is 7.94. The number of quaternary nitrogens is 1. The molecule has 0 radical (unpaired) electrons. The number of amides is 3. The molecule has 3 amide bonds. The van der Waals surface area contributed by atoms with Crippen molar-refractivity contribution in [3.05, 3.63) is 35.9 Å². The van der Waals surface area contributed by atoms with Crippen molar-refractivity contribution in [1.29, 1.82) is 0 Å². The van der Waals surface area contributed by atoms with Crippen LogP contribution in [0.2, 0.25) is 0 Å². The monoisotopic (exact) mass is 306 g/mol. The van der Waals surface area contributed by atoms with Crippen LogP contribution in [0, 0.1) is 5.92 Å². The van der Waals surface area contributed by atoms with Crippen molar-refractivity contribution in [3.8, 4) is 0 Å². The quantitative estimate of drug-likeness (QED) is 0.772. The molecule has 0 fully saturated rings. The Bertz CT molecular complexity index is 492. The molecule has 22 heavy (non-hydrogen) atoms. The first kappa shape index (κ1) is 18.2. The molecule has 0 aromatic heterocycles. The fraction of sp³-hybridized carbons (Fsp3) is 0.529. The van der Waals surface area contributed by atoms with Gasteiger partial charge < -0.3 is 10.6 Å². The van der Waals surface area contributed by atoms with Crippen LogP contribution in [-0.2, 0) is 4.79 Å². The highest BCUT2D eigenvalue weighted by atomic mass is 16.2. The number of hydrogen-bond donors (Lipinski definition) is 3. The van der Waals surface area contributed by atoms with Crippen LogP contribution in [0.4, 0.5) is 4.79 Å². The summed E-state index contributed by atoms with van der Waals surface area (Å²) < 4.78 is 0. The lowest BCUT2D eigenvalue weighted by molar-refractivity contribution is -0.692. The Balaban J connectivity index is 2.52. The number of carbonyl (C=O) groups excluding carboxylic acids is 2. The first-order valence-corrected chi connectivity index (χ1v) is 7.69. The molecule has 0 unspecified atom stereocenters. The zero-order valence-electron chi connectivity index (χ0n) is 14.1. The molecular weight excluding hydrogens is 278 g/mol. The Labute approximate surface area is 132 Å². The maximum atomic E-state index is 11.9. The maximum Gasteiger partial charge on any atom is 0.322 e. The summed E-state index contributed by atoms with van der Waals surface area (Å²) in [6.45, 7) is 10.1. The van der Waals surface area contributed by atoms with Crippen molar-refractivity contribution >= 4 is 11.9 Å². The normalized spacial score (nSPS) is 12.8. The van der Waals surface area contributed by atoms with Crippen molar-refractivity contribution in [2.75, 3.05) is 6.54 Å². The lowest BCUT2D eigenvalue weighted by Crippen LogP contribution is -2.88. The molecule has 1 rings (SSSR count). The minimum Gasteiger partial charge on any atom is -0.333 e. The van der Waals surface area contributed by atoms with Gasteiger partial charge in [-0.15, -0.1) is 0 Å². The zero-order chi connectivity index (χ0) is 16.8. The smallest absolute Gasteiger partial charge is 0.322 e. The molecule has 122 valence electrons. The number of carbonyl (C=O) groups is 2. The fourth-order valence-corrected chi connectivity index (χ4v) is 2.25. The van der Waals surface area contributed by atoms with Gasteiger partial charge in [0.2, 0.25) is 0 Å². The van der Waals surface area contributed by atoms with Gasteiger partial charge in [-0.1, -0.05) is 44.2 Å². The SMILES string of the molecule is CC(C)[C@@H]([NH2+]CC(=O)NC(=O)NC(C)(C)C)c1ccccc1. The maximum absolute atomic E-state index is 11.9. The summed E-state index contributed by atoms with van der Waals surface area (Å²) in [5.41, 5.74) is 0.822. The summed E-state index contributed by atoms with van der Waals surface area (Å²) in [6.07, 6.45) is 0. The first-order chi connectivity index (χ1) is 10.2. The van der Waals surface area contributed by atoms with Crippen molar-refractivity contribution in [1.82, 2.24) is 10.6 Å². The van der Waals surface area contributed by atoms with Crippen molar-refractivity contribution < 1.29 is 14.9 Å². The molecule has 1 aromatic carbocycles. The number of rotatable bonds is 5. The van der Waals surface area contributed by atoms with E-state index in [0.717, 1.165) is 0 Å². The van der Waals surface area contributed by atoms with Gasteiger partial charge in [0, 0.05) is 17.0 Å². The van der Waals surface area contributed by atoms with Gasteiger partial charge in [-0.3, -0.25) is 10.1 Å². The Morgan fingerprint density at radius 1 is 1.14 bits per heavy atom. The molecule has 1 atom stereocenters. The predicted octanol–water partition coefficient (Wildman–Crippen LogP) is 1.57. The van der Waals surface area contributed by atoms with Crippen LogP contribution in [-0.4, -0.2) is 24.0 Å². The van der Waals surface area contributed by atoms with E-state index in [2.05, 4.69) is 36.6 Å². The minimum absolute atomic E-state index is 0.192.